The number of carbonyl (C=O) groups is 2. The molecule has 25 heavy (non-hydrogen) atoms. The molecule has 1 heterocycles. The van der Waals surface area contributed by atoms with Crippen LogP contribution in [0.25, 0.3) is 0 Å². The number of aromatic nitrogens is 1. The van der Waals surface area contributed by atoms with Crippen molar-refractivity contribution in [2.24, 2.45) is 0 Å². The van der Waals surface area contributed by atoms with Crippen LogP contribution >= 0.6 is 0 Å². The SMILES string of the molecule is O=C(O)CCCCCCCNC(=O)c1ccccc1O.c1cc[nH]c1. The van der Waals surface area contributed by atoms with E-state index in [2.05, 4.69) is 10.3 Å². The van der Waals surface area contributed by atoms with E-state index in [1.807, 2.05) is 24.5 Å². The van der Waals surface area contributed by atoms with Gasteiger partial charge >= 0.3 is 5.97 Å². The minimum atomic E-state index is -0.750. The molecule has 0 aliphatic rings. The fourth-order valence-electron chi connectivity index (χ4n) is 2.17. The number of para-hydroxylation sites is 1. The Bertz CT molecular complexity index is 594. The standard InChI is InChI=1S/C15H21NO4.C4H5N/c17-13-9-6-5-8-12(13)15(20)16-11-7-3-1-2-4-10-14(18)19;1-2-4-5-3-1/h5-6,8-9,17H,1-4,7,10-11H2,(H,16,20)(H,18,19);1-5H. The van der Waals surface area contributed by atoms with Crippen molar-refractivity contribution < 1.29 is 19.8 Å². The molecule has 0 spiro atoms. The third kappa shape index (κ3) is 9.86. The summed E-state index contributed by atoms with van der Waals surface area (Å²) in [6.07, 6.45) is 8.37. The first kappa shape index (κ1) is 20.3. The van der Waals surface area contributed by atoms with Crippen molar-refractivity contribution in [3.8, 4) is 5.75 Å². The molecule has 6 heteroatoms. The Labute approximate surface area is 147 Å². The molecule has 0 aliphatic carbocycles. The summed E-state index contributed by atoms with van der Waals surface area (Å²) in [7, 11) is 0. The zero-order chi connectivity index (χ0) is 18.3. The predicted octanol–water partition coefficient (Wildman–Crippen LogP) is 3.56. The lowest BCUT2D eigenvalue weighted by Gasteiger charge is -2.06. The third-order valence-electron chi connectivity index (χ3n) is 3.50. The molecule has 0 bridgehead atoms. The Hall–Kier alpha value is -2.76. The second-order valence-electron chi connectivity index (χ2n) is 5.57. The highest BCUT2D eigenvalue weighted by Crippen LogP contribution is 2.15. The molecule has 1 aromatic carbocycles. The summed E-state index contributed by atoms with van der Waals surface area (Å²) in [4.78, 5) is 24.9. The number of aliphatic carboxylic acids is 1. The van der Waals surface area contributed by atoms with Crippen molar-refractivity contribution in [1.29, 1.82) is 0 Å². The van der Waals surface area contributed by atoms with E-state index in [1.165, 1.54) is 6.07 Å². The zero-order valence-corrected chi connectivity index (χ0v) is 14.3. The van der Waals surface area contributed by atoms with Crippen LogP contribution in [0.3, 0.4) is 0 Å². The second kappa shape index (κ2) is 12.6. The first-order valence-electron chi connectivity index (χ1n) is 8.47. The summed E-state index contributed by atoms with van der Waals surface area (Å²) in [5.74, 6) is -1.03. The maximum atomic E-state index is 11.7. The van der Waals surface area contributed by atoms with E-state index < -0.39 is 5.97 Å². The minimum Gasteiger partial charge on any atom is -0.507 e. The summed E-state index contributed by atoms with van der Waals surface area (Å²) in [5, 5.41) is 20.8. The molecule has 2 rings (SSSR count). The van der Waals surface area contributed by atoms with Gasteiger partial charge in [0, 0.05) is 25.4 Å². The average Bonchev–Trinajstić information content (AvgIpc) is 3.17. The fraction of sp³-hybridized carbons (Fsp3) is 0.368. The van der Waals surface area contributed by atoms with Gasteiger partial charge in [-0.1, -0.05) is 31.4 Å². The lowest BCUT2D eigenvalue weighted by atomic mass is 10.1. The molecule has 136 valence electrons. The molecular formula is C19H26N2O4. The summed E-state index contributed by atoms with van der Waals surface area (Å²) < 4.78 is 0. The zero-order valence-electron chi connectivity index (χ0n) is 14.3. The fourth-order valence-corrected chi connectivity index (χ4v) is 2.17. The second-order valence-corrected chi connectivity index (χ2v) is 5.57. The van der Waals surface area contributed by atoms with Crippen molar-refractivity contribution in [2.45, 2.75) is 38.5 Å². The average molecular weight is 346 g/mol. The molecule has 4 N–H and O–H groups in total. The van der Waals surface area contributed by atoms with Gasteiger partial charge in [-0.2, -0.15) is 0 Å². The van der Waals surface area contributed by atoms with E-state index in [-0.39, 0.29) is 23.6 Å². The van der Waals surface area contributed by atoms with Crippen LogP contribution in [-0.2, 0) is 4.79 Å². The maximum Gasteiger partial charge on any atom is 0.303 e. The number of H-pyrrole nitrogens is 1. The quantitative estimate of drug-likeness (QED) is 0.521. The molecule has 1 aromatic heterocycles. The molecule has 0 fully saturated rings. The highest BCUT2D eigenvalue weighted by atomic mass is 16.4. The van der Waals surface area contributed by atoms with Crippen LogP contribution in [0.2, 0.25) is 0 Å². The molecule has 0 aliphatic heterocycles. The number of aromatic hydroxyl groups is 1. The lowest BCUT2D eigenvalue weighted by Crippen LogP contribution is -2.24. The van der Waals surface area contributed by atoms with Crippen LogP contribution in [0, 0.1) is 0 Å². The van der Waals surface area contributed by atoms with E-state index in [4.69, 9.17) is 5.11 Å². The van der Waals surface area contributed by atoms with Gasteiger partial charge in [-0.3, -0.25) is 9.59 Å². The number of hydrogen-bond donors (Lipinski definition) is 4. The predicted molar refractivity (Wildman–Crippen MR) is 96.6 cm³/mol. The number of aromatic amines is 1. The summed E-state index contributed by atoms with van der Waals surface area (Å²) in [6.45, 7) is 0.562. The van der Waals surface area contributed by atoms with Crippen molar-refractivity contribution in [2.75, 3.05) is 6.54 Å². The lowest BCUT2D eigenvalue weighted by molar-refractivity contribution is -0.137. The number of nitrogens with one attached hydrogen (secondary N) is 2. The van der Waals surface area contributed by atoms with Gasteiger partial charge in [0.15, 0.2) is 0 Å². The van der Waals surface area contributed by atoms with E-state index in [9.17, 15) is 14.7 Å². The number of benzene rings is 1. The summed E-state index contributed by atoms with van der Waals surface area (Å²) in [6, 6.07) is 10.3. The highest BCUT2D eigenvalue weighted by Gasteiger charge is 2.08. The Morgan fingerprint density at radius 2 is 1.56 bits per heavy atom. The molecule has 0 radical (unpaired) electrons. The molecular weight excluding hydrogens is 320 g/mol. The Kier molecular flexibility index (Phi) is 10.3. The van der Waals surface area contributed by atoms with Gasteiger partial charge in [0.25, 0.3) is 5.91 Å². The van der Waals surface area contributed by atoms with Crippen LogP contribution in [0.1, 0.15) is 48.9 Å². The van der Waals surface area contributed by atoms with Crippen LogP contribution in [0.4, 0.5) is 0 Å². The summed E-state index contributed by atoms with van der Waals surface area (Å²) in [5.41, 5.74) is 0.286. The molecule has 6 nitrogen and oxygen atoms in total. The first-order valence-corrected chi connectivity index (χ1v) is 8.47. The van der Waals surface area contributed by atoms with E-state index in [1.54, 1.807) is 18.2 Å². The van der Waals surface area contributed by atoms with Gasteiger partial charge in [0.05, 0.1) is 5.56 Å². The Balaban J connectivity index is 0.000000531. The molecule has 0 saturated heterocycles. The van der Waals surface area contributed by atoms with E-state index >= 15 is 0 Å². The topological polar surface area (TPSA) is 102 Å². The Morgan fingerprint density at radius 1 is 0.920 bits per heavy atom. The smallest absolute Gasteiger partial charge is 0.303 e. The first-order chi connectivity index (χ1) is 12.1. The van der Waals surface area contributed by atoms with Crippen LogP contribution in [-0.4, -0.2) is 33.6 Å². The van der Waals surface area contributed by atoms with Gasteiger partial charge in [0.1, 0.15) is 5.75 Å². The molecule has 1 amide bonds. The number of amides is 1. The molecule has 0 unspecified atom stereocenters. The van der Waals surface area contributed by atoms with Crippen molar-refractivity contribution in [3.63, 3.8) is 0 Å². The van der Waals surface area contributed by atoms with Gasteiger partial charge in [-0.25, -0.2) is 0 Å². The molecule has 2 aromatic rings. The van der Waals surface area contributed by atoms with Gasteiger partial charge in [-0.15, -0.1) is 0 Å². The van der Waals surface area contributed by atoms with E-state index in [0.717, 1.165) is 25.7 Å². The normalized spacial score (nSPS) is 9.76. The van der Waals surface area contributed by atoms with Crippen LogP contribution in [0.15, 0.2) is 48.8 Å². The van der Waals surface area contributed by atoms with Gasteiger partial charge < -0.3 is 20.5 Å². The largest absolute Gasteiger partial charge is 0.507 e. The number of hydrogen-bond acceptors (Lipinski definition) is 3. The monoisotopic (exact) mass is 346 g/mol. The number of phenols is 1. The van der Waals surface area contributed by atoms with Crippen LogP contribution in [0.5, 0.6) is 5.75 Å². The number of phenolic OH excluding ortho intramolecular Hbond substituents is 1. The third-order valence-corrected chi connectivity index (χ3v) is 3.50. The minimum absolute atomic E-state index is 0.0151. The number of carbonyl (C=O) groups excluding carboxylic acids is 1. The molecule has 0 saturated carbocycles. The van der Waals surface area contributed by atoms with E-state index in [0.29, 0.717) is 13.0 Å². The summed E-state index contributed by atoms with van der Waals surface area (Å²) >= 11 is 0. The number of unbranched alkanes of at least 4 members (excludes halogenated alkanes) is 4. The van der Waals surface area contributed by atoms with Gasteiger partial charge in [-0.05, 0) is 37.1 Å². The van der Waals surface area contributed by atoms with Crippen LogP contribution < -0.4 is 5.32 Å². The van der Waals surface area contributed by atoms with Crippen molar-refractivity contribution >= 4 is 11.9 Å². The van der Waals surface area contributed by atoms with Crippen molar-refractivity contribution in [1.82, 2.24) is 10.3 Å². The Morgan fingerprint density at radius 3 is 2.16 bits per heavy atom. The number of carboxylic acid groups (broad SMARTS) is 1. The maximum absolute atomic E-state index is 11.7. The highest BCUT2D eigenvalue weighted by molar-refractivity contribution is 5.96. The van der Waals surface area contributed by atoms with Crippen molar-refractivity contribution in [3.05, 3.63) is 54.4 Å². The molecule has 0 atom stereocenters. The van der Waals surface area contributed by atoms with Gasteiger partial charge in [0.2, 0.25) is 0 Å². The number of carboxylic acids is 1. The number of rotatable bonds is 9.